The topological polar surface area (TPSA) is 71.0 Å². The number of hydrogen-bond acceptors (Lipinski definition) is 4. The first kappa shape index (κ1) is 22.9. The molecule has 1 N–H and O–H groups in total. The number of aliphatic imine (C=N–C) groups is 1. The summed E-state index contributed by atoms with van der Waals surface area (Å²) in [6.07, 6.45) is 4.67. The number of ether oxygens (including phenoxy) is 1. The fourth-order valence-electron chi connectivity index (χ4n) is 4.32. The Morgan fingerprint density at radius 3 is 2.40 bits per heavy atom. The molecule has 1 aromatic carbocycles. The van der Waals surface area contributed by atoms with E-state index in [2.05, 4.69) is 30.4 Å². The maximum absolute atomic E-state index is 13.6. The molecular formula is C23H37N3O3S. The Labute approximate surface area is 182 Å². The molecule has 7 heteroatoms. The molecule has 1 unspecified atom stereocenters. The van der Waals surface area contributed by atoms with E-state index in [0.717, 1.165) is 73.2 Å². The van der Waals surface area contributed by atoms with Crippen molar-refractivity contribution in [2.75, 3.05) is 13.1 Å². The van der Waals surface area contributed by atoms with Gasteiger partial charge in [0, 0.05) is 13.1 Å². The molecule has 2 aliphatic heterocycles. The minimum Gasteiger partial charge on any atom is -0.487 e. The minimum absolute atomic E-state index is 0.0615. The molecule has 1 atom stereocenters. The highest BCUT2D eigenvalue weighted by atomic mass is 32.2. The Hall–Kier alpha value is -1.76. The Balaban J connectivity index is 2.05. The van der Waals surface area contributed by atoms with Gasteiger partial charge < -0.3 is 9.64 Å². The van der Waals surface area contributed by atoms with Gasteiger partial charge in [-0.25, -0.2) is 18.1 Å². The number of hydrogen-bond donors (Lipinski definition) is 1. The number of nitrogens with one attached hydrogen (secondary N) is 1. The van der Waals surface area contributed by atoms with Gasteiger partial charge in [-0.1, -0.05) is 6.92 Å². The Kier molecular flexibility index (Phi) is 6.42. The van der Waals surface area contributed by atoms with Crippen molar-refractivity contribution >= 4 is 16.0 Å². The zero-order chi connectivity index (χ0) is 22.3. The lowest BCUT2D eigenvalue weighted by atomic mass is 9.88. The van der Waals surface area contributed by atoms with E-state index in [0.29, 0.717) is 10.9 Å². The number of fused-ring (bicyclic) bond motifs is 1. The van der Waals surface area contributed by atoms with E-state index in [1.165, 1.54) is 0 Å². The molecule has 6 nitrogen and oxygen atoms in total. The summed E-state index contributed by atoms with van der Waals surface area (Å²) < 4.78 is 36.4. The highest BCUT2D eigenvalue weighted by molar-refractivity contribution is 7.90. The molecule has 30 heavy (non-hydrogen) atoms. The molecule has 0 spiro atoms. The van der Waals surface area contributed by atoms with Crippen LogP contribution in [0.2, 0.25) is 0 Å². The predicted molar refractivity (Wildman–Crippen MR) is 122 cm³/mol. The van der Waals surface area contributed by atoms with E-state index in [1.54, 1.807) is 0 Å². The van der Waals surface area contributed by atoms with Gasteiger partial charge in [-0.2, -0.15) is 0 Å². The van der Waals surface area contributed by atoms with Crippen LogP contribution in [0.3, 0.4) is 0 Å². The van der Waals surface area contributed by atoms with Crippen molar-refractivity contribution in [1.29, 1.82) is 0 Å². The fourth-order valence-corrected chi connectivity index (χ4v) is 5.93. The molecule has 1 saturated heterocycles. The van der Waals surface area contributed by atoms with Gasteiger partial charge in [-0.05, 0) is 95.9 Å². The summed E-state index contributed by atoms with van der Waals surface area (Å²) in [6.45, 7) is 15.7. The number of benzene rings is 1. The van der Waals surface area contributed by atoms with Gasteiger partial charge in [0.2, 0.25) is 5.96 Å². The van der Waals surface area contributed by atoms with E-state index >= 15 is 0 Å². The third-order valence-corrected chi connectivity index (χ3v) is 8.10. The first-order valence-corrected chi connectivity index (χ1v) is 12.6. The van der Waals surface area contributed by atoms with E-state index in [-0.39, 0.29) is 11.6 Å². The zero-order valence-electron chi connectivity index (χ0n) is 19.6. The smallest absolute Gasteiger partial charge is 0.264 e. The summed E-state index contributed by atoms with van der Waals surface area (Å²) >= 11 is 0. The van der Waals surface area contributed by atoms with Crippen molar-refractivity contribution in [3.8, 4) is 5.75 Å². The van der Waals surface area contributed by atoms with E-state index in [9.17, 15) is 8.42 Å². The van der Waals surface area contributed by atoms with Gasteiger partial charge in [-0.3, -0.25) is 0 Å². The molecule has 0 amide bonds. The monoisotopic (exact) mass is 435 g/mol. The lowest BCUT2D eigenvalue weighted by Gasteiger charge is -2.35. The van der Waals surface area contributed by atoms with Crippen LogP contribution in [0.1, 0.15) is 75.6 Å². The highest BCUT2D eigenvalue weighted by Crippen LogP contribution is 2.42. The molecule has 0 aliphatic carbocycles. The lowest BCUT2D eigenvalue weighted by molar-refractivity contribution is 0.0832. The largest absolute Gasteiger partial charge is 0.487 e. The van der Waals surface area contributed by atoms with Crippen molar-refractivity contribution in [1.82, 2.24) is 9.62 Å². The van der Waals surface area contributed by atoms with Crippen molar-refractivity contribution < 1.29 is 13.2 Å². The van der Waals surface area contributed by atoms with E-state index < -0.39 is 10.0 Å². The summed E-state index contributed by atoms with van der Waals surface area (Å²) in [6, 6.07) is 0.0615. The summed E-state index contributed by atoms with van der Waals surface area (Å²) in [7, 11) is -3.77. The second kappa shape index (κ2) is 8.40. The molecule has 0 radical (unpaired) electrons. The normalized spacial score (nSPS) is 20.0. The number of sulfonamides is 1. The standard InChI is InChI=1S/C23H37N3O3S/c1-8-15(2)24-22(26-13-9-10-14-26)25-30(27,28)21-17(4)16(3)20-19(18(21)5)11-12-23(6,7)29-20/h15H,8-14H2,1-7H3,(H,24,25). The fraction of sp³-hybridized carbons (Fsp3) is 0.696. The number of likely N-dealkylation sites (tertiary alicyclic amines) is 1. The molecule has 1 aromatic rings. The molecule has 0 saturated carbocycles. The first-order chi connectivity index (χ1) is 14.0. The maximum atomic E-state index is 13.6. The quantitative estimate of drug-likeness (QED) is 0.567. The Bertz CT molecular complexity index is 945. The number of nitrogens with zero attached hydrogens (tertiary/aromatic N) is 2. The molecular weight excluding hydrogens is 398 g/mol. The van der Waals surface area contributed by atoms with E-state index in [4.69, 9.17) is 9.73 Å². The molecule has 2 aliphatic rings. The van der Waals surface area contributed by atoms with Gasteiger partial charge in [0.25, 0.3) is 10.0 Å². The first-order valence-electron chi connectivity index (χ1n) is 11.1. The third-order valence-electron chi connectivity index (χ3n) is 6.50. The second-order valence-electron chi connectivity index (χ2n) is 9.38. The van der Waals surface area contributed by atoms with E-state index in [1.807, 2.05) is 27.7 Å². The number of guanidine groups is 1. The third kappa shape index (κ3) is 4.46. The minimum atomic E-state index is -3.77. The van der Waals surface area contributed by atoms with Gasteiger partial charge in [0.15, 0.2) is 0 Å². The van der Waals surface area contributed by atoms with Crippen molar-refractivity contribution in [2.24, 2.45) is 4.99 Å². The molecule has 0 bridgehead atoms. The average Bonchev–Trinajstić information content (AvgIpc) is 3.19. The highest BCUT2D eigenvalue weighted by Gasteiger charge is 2.34. The van der Waals surface area contributed by atoms with Gasteiger partial charge in [0.1, 0.15) is 11.4 Å². The van der Waals surface area contributed by atoms with Crippen molar-refractivity contribution in [2.45, 2.75) is 97.1 Å². The van der Waals surface area contributed by atoms with Crippen molar-refractivity contribution in [3.63, 3.8) is 0 Å². The molecule has 168 valence electrons. The Morgan fingerprint density at radius 1 is 1.17 bits per heavy atom. The van der Waals surface area contributed by atoms with Gasteiger partial charge in [-0.15, -0.1) is 0 Å². The summed E-state index contributed by atoms with van der Waals surface area (Å²) in [5.41, 5.74) is 3.23. The SMILES string of the molecule is CCC(C)N=C(NS(=O)(=O)c1c(C)c(C)c2c(c1C)CCC(C)(C)O2)N1CCCC1. The van der Waals surface area contributed by atoms with Gasteiger partial charge in [0.05, 0.1) is 10.9 Å². The maximum Gasteiger partial charge on any atom is 0.264 e. The molecule has 3 rings (SSSR count). The van der Waals surface area contributed by atoms with Crippen LogP contribution in [0.5, 0.6) is 5.75 Å². The summed E-state index contributed by atoms with van der Waals surface area (Å²) in [4.78, 5) is 7.14. The molecule has 1 fully saturated rings. The summed E-state index contributed by atoms with van der Waals surface area (Å²) in [5.74, 6) is 1.33. The van der Waals surface area contributed by atoms with Gasteiger partial charge >= 0.3 is 0 Å². The van der Waals surface area contributed by atoms with Crippen molar-refractivity contribution in [3.05, 3.63) is 22.3 Å². The van der Waals surface area contributed by atoms with Crippen LogP contribution in [0.15, 0.2) is 9.89 Å². The average molecular weight is 436 g/mol. The van der Waals surface area contributed by atoms with Crippen LogP contribution >= 0.6 is 0 Å². The van der Waals surface area contributed by atoms with Crippen LogP contribution in [-0.4, -0.2) is 44.0 Å². The summed E-state index contributed by atoms with van der Waals surface area (Å²) in [5, 5.41) is 0. The zero-order valence-corrected chi connectivity index (χ0v) is 20.4. The van der Waals surface area contributed by atoms with Crippen LogP contribution in [0.4, 0.5) is 0 Å². The Morgan fingerprint density at radius 2 is 1.80 bits per heavy atom. The van der Waals surface area contributed by atoms with Crippen LogP contribution < -0.4 is 9.46 Å². The molecule has 0 aromatic heterocycles. The predicted octanol–water partition coefficient (Wildman–Crippen LogP) is 4.24. The molecule has 2 heterocycles. The lowest BCUT2D eigenvalue weighted by Crippen LogP contribution is -2.44. The van der Waals surface area contributed by atoms with Crippen LogP contribution in [-0.2, 0) is 16.4 Å². The van der Waals surface area contributed by atoms with Crippen LogP contribution in [0, 0.1) is 20.8 Å². The van der Waals surface area contributed by atoms with Crippen LogP contribution in [0.25, 0.3) is 0 Å². The second-order valence-corrected chi connectivity index (χ2v) is 11.0. The number of rotatable bonds is 4.